The Bertz CT molecular complexity index is 1100. The van der Waals surface area contributed by atoms with Crippen LogP contribution in [0.5, 0.6) is 5.75 Å². The standard InChI is InChI=1S/C18H13ClN4O2/c1-25-14-9-7-13(8-10-14)23-18(24)22-11-15(12-5-3-2-4-6-12)20-16(19)17(22)21-23/h2-11H,1H3. The van der Waals surface area contributed by atoms with E-state index in [0.717, 1.165) is 5.56 Å². The lowest BCUT2D eigenvalue weighted by Gasteiger charge is -2.02. The van der Waals surface area contributed by atoms with Crippen molar-refractivity contribution >= 4 is 17.2 Å². The summed E-state index contributed by atoms with van der Waals surface area (Å²) >= 11 is 6.27. The quantitative estimate of drug-likeness (QED) is 0.568. The van der Waals surface area contributed by atoms with Gasteiger partial charge in [-0.05, 0) is 24.3 Å². The maximum atomic E-state index is 12.8. The Hall–Kier alpha value is -3.12. The highest BCUT2D eigenvalue weighted by molar-refractivity contribution is 6.32. The first-order valence-electron chi connectivity index (χ1n) is 7.55. The minimum absolute atomic E-state index is 0.172. The van der Waals surface area contributed by atoms with Crippen LogP contribution in [0, 0.1) is 0 Å². The van der Waals surface area contributed by atoms with Crippen LogP contribution < -0.4 is 10.4 Å². The predicted molar refractivity (Wildman–Crippen MR) is 95.6 cm³/mol. The molecule has 0 N–H and O–H groups in total. The summed E-state index contributed by atoms with van der Waals surface area (Å²) in [6, 6.07) is 16.6. The molecule has 0 aliphatic heterocycles. The number of methoxy groups -OCH3 is 1. The van der Waals surface area contributed by atoms with Crippen molar-refractivity contribution in [3.05, 3.63) is 76.4 Å². The Morgan fingerprint density at radius 3 is 2.44 bits per heavy atom. The molecule has 25 heavy (non-hydrogen) atoms. The summed E-state index contributed by atoms with van der Waals surface area (Å²) in [5.74, 6) is 0.701. The summed E-state index contributed by atoms with van der Waals surface area (Å²) in [5.41, 5.74) is 2.08. The molecule has 0 aliphatic rings. The maximum Gasteiger partial charge on any atom is 0.355 e. The molecule has 0 spiro atoms. The number of hydrogen-bond donors (Lipinski definition) is 0. The van der Waals surface area contributed by atoms with Crippen LogP contribution in [0.25, 0.3) is 22.6 Å². The van der Waals surface area contributed by atoms with Crippen molar-refractivity contribution in [3.8, 4) is 22.7 Å². The third-order valence-electron chi connectivity index (χ3n) is 3.85. The summed E-state index contributed by atoms with van der Waals surface area (Å²) in [5, 5.41) is 4.48. The molecular formula is C18H13ClN4O2. The molecule has 0 radical (unpaired) electrons. The molecule has 2 heterocycles. The Balaban J connectivity index is 1.90. The molecule has 124 valence electrons. The predicted octanol–water partition coefficient (Wildman–Crippen LogP) is 3.21. The number of ether oxygens (including phenoxy) is 1. The van der Waals surface area contributed by atoms with Crippen molar-refractivity contribution in [2.75, 3.05) is 7.11 Å². The van der Waals surface area contributed by atoms with E-state index in [9.17, 15) is 4.79 Å². The van der Waals surface area contributed by atoms with Gasteiger partial charge in [-0.3, -0.25) is 0 Å². The third kappa shape index (κ3) is 2.66. The van der Waals surface area contributed by atoms with Crippen LogP contribution in [0.2, 0.25) is 5.15 Å². The van der Waals surface area contributed by atoms with Gasteiger partial charge in [-0.2, -0.15) is 4.68 Å². The zero-order valence-electron chi connectivity index (χ0n) is 13.3. The summed E-state index contributed by atoms with van der Waals surface area (Å²) in [6.45, 7) is 0. The zero-order valence-corrected chi connectivity index (χ0v) is 14.0. The fourth-order valence-corrected chi connectivity index (χ4v) is 2.80. The van der Waals surface area contributed by atoms with E-state index in [4.69, 9.17) is 16.3 Å². The Morgan fingerprint density at radius 1 is 1.04 bits per heavy atom. The second-order valence-corrected chi connectivity index (χ2v) is 5.73. The topological polar surface area (TPSA) is 61.4 Å². The number of aromatic nitrogens is 4. The van der Waals surface area contributed by atoms with Crippen molar-refractivity contribution in [1.29, 1.82) is 0 Å². The molecule has 6 nitrogen and oxygen atoms in total. The molecule has 4 rings (SSSR count). The van der Waals surface area contributed by atoms with Gasteiger partial charge in [-0.1, -0.05) is 41.9 Å². The van der Waals surface area contributed by atoms with Crippen LogP contribution in [-0.4, -0.2) is 26.3 Å². The zero-order chi connectivity index (χ0) is 17.4. The number of halogens is 1. The van der Waals surface area contributed by atoms with Crippen molar-refractivity contribution in [1.82, 2.24) is 19.2 Å². The Morgan fingerprint density at radius 2 is 1.76 bits per heavy atom. The van der Waals surface area contributed by atoms with Crippen LogP contribution >= 0.6 is 11.6 Å². The van der Waals surface area contributed by atoms with Gasteiger partial charge >= 0.3 is 5.69 Å². The third-order valence-corrected chi connectivity index (χ3v) is 4.10. The van der Waals surface area contributed by atoms with E-state index >= 15 is 0 Å². The van der Waals surface area contributed by atoms with Gasteiger partial charge in [-0.25, -0.2) is 14.2 Å². The van der Waals surface area contributed by atoms with Gasteiger partial charge in [0, 0.05) is 11.8 Å². The molecule has 0 saturated carbocycles. The van der Waals surface area contributed by atoms with Crippen LogP contribution in [0.15, 0.2) is 65.6 Å². The van der Waals surface area contributed by atoms with E-state index in [1.54, 1.807) is 37.6 Å². The molecule has 0 bridgehead atoms. The monoisotopic (exact) mass is 352 g/mol. The minimum Gasteiger partial charge on any atom is -0.497 e. The second-order valence-electron chi connectivity index (χ2n) is 5.37. The molecule has 2 aromatic carbocycles. The van der Waals surface area contributed by atoms with E-state index in [0.29, 0.717) is 22.8 Å². The number of rotatable bonds is 3. The first-order valence-corrected chi connectivity index (χ1v) is 7.93. The summed E-state index contributed by atoms with van der Waals surface area (Å²) < 4.78 is 7.83. The molecular weight excluding hydrogens is 340 g/mol. The largest absolute Gasteiger partial charge is 0.497 e. The van der Waals surface area contributed by atoms with Crippen molar-refractivity contribution in [2.24, 2.45) is 0 Å². The molecule has 2 aromatic heterocycles. The van der Waals surface area contributed by atoms with Crippen molar-refractivity contribution < 1.29 is 4.74 Å². The SMILES string of the molecule is COc1ccc(-n2nc3c(Cl)nc(-c4ccccc4)cn3c2=O)cc1. The van der Waals surface area contributed by atoms with Crippen LogP contribution in [-0.2, 0) is 0 Å². The van der Waals surface area contributed by atoms with E-state index in [1.807, 2.05) is 30.3 Å². The van der Waals surface area contributed by atoms with Gasteiger partial charge in [-0.15, -0.1) is 5.10 Å². The second kappa shape index (κ2) is 6.07. The lowest BCUT2D eigenvalue weighted by atomic mass is 10.2. The van der Waals surface area contributed by atoms with Crippen LogP contribution in [0.3, 0.4) is 0 Å². The van der Waals surface area contributed by atoms with Gasteiger partial charge in [0.1, 0.15) is 5.75 Å². The van der Waals surface area contributed by atoms with E-state index in [-0.39, 0.29) is 10.8 Å². The maximum absolute atomic E-state index is 12.8. The fraction of sp³-hybridized carbons (Fsp3) is 0.0556. The van der Waals surface area contributed by atoms with Gasteiger partial charge in [0.2, 0.25) is 0 Å². The van der Waals surface area contributed by atoms with Crippen LogP contribution in [0.4, 0.5) is 0 Å². The minimum atomic E-state index is -0.318. The highest BCUT2D eigenvalue weighted by atomic mass is 35.5. The number of hydrogen-bond acceptors (Lipinski definition) is 4. The number of fused-ring (bicyclic) bond motifs is 1. The van der Waals surface area contributed by atoms with E-state index in [1.165, 1.54) is 9.08 Å². The summed E-state index contributed by atoms with van der Waals surface area (Å²) in [7, 11) is 1.59. The smallest absolute Gasteiger partial charge is 0.355 e. The molecule has 0 fully saturated rings. The first-order chi connectivity index (χ1) is 12.2. The number of nitrogens with zero attached hydrogens (tertiary/aromatic N) is 4. The van der Waals surface area contributed by atoms with Crippen molar-refractivity contribution in [2.45, 2.75) is 0 Å². The molecule has 4 aromatic rings. The van der Waals surface area contributed by atoms with E-state index in [2.05, 4.69) is 10.1 Å². The molecule has 0 amide bonds. The van der Waals surface area contributed by atoms with Gasteiger partial charge < -0.3 is 4.74 Å². The van der Waals surface area contributed by atoms with Gasteiger partial charge in [0.15, 0.2) is 10.8 Å². The summed E-state index contributed by atoms with van der Waals surface area (Å²) in [6.07, 6.45) is 1.64. The highest BCUT2D eigenvalue weighted by Crippen LogP contribution is 2.21. The Labute approximate surface area is 147 Å². The molecule has 0 atom stereocenters. The molecule has 7 heteroatoms. The lowest BCUT2D eigenvalue weighted by molar-refractivity contribution is 0.414. The molecule has 0 unspecified atom stereocenters. The first kappa shape index (κ1) is 15.4. The lowest BCUT2D eigenvalue weighted by Crippen LogP contribution is -2.19. The average molecular weight is 353 g/mol. The molecule has 0 saturated heterocycles. The normalized spacial score (nSPS) is 11.0. The summed E-state index contributed by atoms with van der Waals surface area (Å²) in [4.78, 5) is 17.1. The highest BCUT2D eigenvalue weighted by Gasteiger charge is 2.14. The number of benzene rings is 2. The van der Waals surface area contributed by atoms with Gasteiger partial charge in [0.25, 0.3) is 0 Å². The fourth-order valence-electron chi connectivity index (χ4n) is 2.58. The van der Waals surface area contributed by atoms with Gasteiger partial charge in [0.05, 0.1) is 18.5 Å². The molecule has 0 aliphatic carbocycles. The van der Waals surface area contributed by atoms with E-state index < -0.39 is 0 Å². The average Bonchev–Trinajstić information content (AvgIpc) is 3.00. The van der Waals surface area contributed by atoms with Crippen LogP contribution in [0.1, 0.15) is 0 Å². The van der Waals surface area contributed by atoms with Crippen molar-refractivity contribution in [3.63, 3.8) is 0 Å². The Kier molecular flexibility index (Phi) is 3.74.